The second kappa shape index (κ2) is 7.64. The molecule has 0 fully saturated rings. The number of carbonyl (C=O) groups excluding carboxylic acids is 1. The minimum atomic E-state index is -3.67. The first-order valence-corrected chi connectivity index (χ1v) is 9.22. The van der Waals surface area contributed by atoms with Gasteiger partial charge in [0.15, 0.2) is 0 Å². The van der Waals surface area contributed by atoms with E-state index >= 15 is 0 Å². The Morgan fingerprint density at radius 2 is 2.20 bits per heavy atom. The molecule has 0 saturated heterocycles. The highest BCUT2D eigenvalue weighted by molar-refractivity contribution is 7.85. The number of hydrogen-bond acceptors (Lipinski definition) is 6. The van der Waals surface area contributed by atoms with Gasteiger partial charge in [-0.2, -0.15) is 13.5 Å². The van der Waals surface area contributed by atoms with Crippen molar-refractivity contribution in [3.63, 3.8) is 0 Å². The van der Waals surface area contributed by atoms with E-state index in [-0.39, 0.29) is 12.0 Å². The van der Waals surface area contributed by atoms with Crippen molar-refractivity contribution in [3.8, 4) is 0 Å². The van der Waals surface area contributed by atoms with Crippen molar-refractivity contribution in [2.45, 2.75) is 18.9 Å². The molecule has 5 N–H and O–H groups in total. The Morgan fingerprint density at radius 1 is 1.52 bits per heavy atom. The van der Waals surface area contributed by atoms with Crippen LogP contribution >= 0.6 is 0 Å². The van der Waals surface area contributed by atoms with Gasteiger partial charge in [0.05, 0.1) is 12.4 Å². The van der Waals surface area contributed by atoms with E-state index in [2.05, 4.69) is 21.5 Å². The first-order valence-electron chi connectivity index (χ1n) is 7.37. The Kier molecular flexibility index (Phi) is 5.77. The van der Waals surface area contributed by atoms with Gasteiger partial charge in [-0.1, -0.05) is 12.1 Å². The summed E-state index contributed by atoms with van der Waals surface area (Å²) >= 11 is 0. The second-order valence-corrected chi connectivity index (χ2v) is 6.96. The van der Waals surface area contributed by atoms with E-state index in [0.717, 1.165) is 34.9 Å². The monoisotopic (exact) mass is 368 g/mol. The molecule has 1 unspecified atom stereocenters. The number of carbonyl (C=O) groups is 1. The van der Waals surface area contributed by atoms with Crippen molar-refractivity contribution >= 4 is 33.3 Å². The maximum atomic E-state index is 12.1. The predicted octanol–water partition coefficient (Wildman–Crippen LogP) is 0.937. The molecule has 1 atom stereocenters. The number of hydrogen-bond donors (Lipinski definition) is 4. The van der Waals surface area contributed by atoms with E-state index in [0.29, 0.717) is 11.9 Å². The quantitative estimate of drug-likeness (QED) is 0.208. The lowest BCUT2D eigenvalue weighted by molar-refractivity contribution is 0.0937. The van der Waals surface area contributed by atoms with Crippen LogP contribution in [0.1, 0.15) is 34.1 Å². The van der Waals surface area contributed by atoms with Gasteiger partial charge in [-0.3, -0.25) is 9.35 Å². The van der Waals surface area contributed by atoms with E-state index in [1.165, 1.54) is 6.34 Å². The van der Waals surface area contributed by atoms with Gasteiger partial charge in [-0.25, -0.2) is 0 Å². The topological polar surface area (TPSA) is 147 Å². The molecule has 1 aromatic carbocycles. The number of H-pyrrole nitrogens is 1. The molecule has 0 spiro atoms. The minimum Gasteiger partial charge on any atom is -0.377 e. The van der Waals surface area contributed by atoms with Crippen LogP contribution in [-0.4, -0.2) is 43.6 Å². The summed E-state index contributed by atoms with van der Waals surface area (Å²) in [6.45, 7) is 0. The molecule has 0 bridgehead atoms. The summed E-state index contributed by atoms with van der Waals surface area (Å²) in [4.78, 5) is 15.3. The van der Waals surface area contributed by atoms with E-state index < -0.39 is 10.1 Å². The molecule has 2 aromatic rings. The van der Waals surface area contributed by atoms with E-state index in [1.807, 2.05) is 12.1 Å². The zero-order chi connectivity index (χ0) is 18.6. The van der Waals surface area contributed by atoms with Crippen LogP contribution in [0.2, 0.25) is 0 Å². The van der Waals surface area contributed by atoms with Crippen molar-refractivity contribution in [1.82, 2.24) is 10.3 Å². The Labute approximate surface area is 145 Å². The van der Waals surface area contributed by atoms with Crippen molar-refractivity contribution < 1.29 is 22.5 Å². The Morgan fingerprint density at radius 3 is 2.80 bits per heavy atom. The molecule has 25 heavy (non-hydrogen) atoms. The summed E-state index contributed by atoms with van der Waals surface area (Å²) < 4.78 is 31.4. The maximum Gasteiger partial charge on any atom is 0.273 e. The fourth-order valence-electron chi connectivity index (χ4n) is 2.90. The molecule has 1 aromatic heterocycles. The van der Waals surface area contributed by atoms with Crippen LogP contribution in [0.15, 0.2) is 23.3 Å². The number of nitrogens with zero attached hydrogens (tertiary/aromatic N) is 1. The summed E-state index contributed by atoms with van der Waals surface area (Å²) in [7, 11) is -1.95. The zero-order valence-corrected chi connectivity index (χ0v) is 14.6. The molecule has 136 valence electrons. The van der Waals surface area contributed by atoms with Crippen LogP contribution in [0.3, 0.4) is 0 Å². The number of methoxy groups -OCH3 is 1. The van der Waals surface area contributed by atoms with Gasteiger partial charge < -0.3 is 20.9 Å². The number of nitrogens with one attached hydrogen (secondary N) is 2. The van der Waals surface area contributed by atoms with Crippen molar-refractivity contribution in [2.75, 3.05) is 13.4 Å². The molecule has 1 aliphatic carbocycles. The molecular weight excluding hydrogens is 348 g/mol. The second-order valence-electron chi connectivity index (χ2n) is 5.50. The normalized spacial score (nSPS) is 16.5. The zero-order valence-electron chi connectivity index (χ0n) is 13.8. The SMILES string of the molecule is COC1CCc2c(C(=O)NC=NN)[nH]c3cccc1c23.CS(=O)(=O)O. The molecule has 3 rings (SSSR count). The van der Waals surface area contributed by atoms with Crippen molar-refractivity contribution in [3.05, 3.63) is 35.0 Å². The summed E-state index contributed by atoms with van der Waals surface area (Å²) in [5.41, 5.74) is 3.69. The number of aromatic nitrogens is 1. The third kappa shape index (κ3) is 4.56. The predicted molar refractivity (Wildman–Crippen MR) is 94.0 cm³/mol. The number of rotatable bonds is 3. The van der Waals surface area contributed by atoms with Gasteiger partial charge >= 0.3 is 0 Å². The number of aryl methyl sites for hydroxylation is 1. The minimum absolute atomic E-state index is 0.0866. The summed E-state index contributed by atoms with van der Waals surface area (Å²) in [5.74, 6) is 4.77. The number of benzene rings is 1. The van der Waals surface area contributed by atoms with Crippen LogP contribution in [0.5, 0.6) is 0 Å². The molecule has 1 heterocycles. The van der Waals surface area contributed by atoms with E-state index in [1.54, 1.807) is 7.11 Å². The molecule has 10 heteroatoms. The van der Waals surface area contributed by atoms with E-state index in [4.69, 9.17) is 15.1 Å². The number of aromatic amines is 1. The van der Waals surface area contributed by atoms with Gasteiger partial charge in [0.2, 0.25) is 0 Å². The highest BCUT2D eigenvalue weighted by atomic mass is 32.2. The summed E-state index contributed by atoms with van der Waals surface area (Å²) in [6.07, 6.45) is 3.66. The Bertz CT molecular complexity index is 896. The maximum absolute atomic E-state index is 12.1. The Balaban J connectivity index is 0.000000399. The van der Waals surface area contributed by atoms with Crippen LogP contribution < -0.4 is 11.2 Å². The average Bonchev–Trinajstić information content (AvgIpc) is 2.92. The number of ether oxygens (including phenoxy) is 1. The number of hydrazone groups is 1. The third-order valence-electron chi connectivity index (χ3n) is 3.75. The molecule has 1 amide bonds. The van der Waals surface area contributed by atoms with Gasteiger partial charge in [0.25, 0.3) is 16.0 Å². The lowest BCUT2D eigenvalue weighted by Gasteiger charge is -2.22. The van der Waals surface area contributed by atoms with Crippen LogP contribution in [0.25, 0.3) is 10.9 Å². The smallest absolute Gasteiger partial charge is 0.273 e. The molecule has 1 aliphatic rings. The first kappa shape index (κ1) is 18.9. The fourth-order valence-corrected chi connectivity index (χ4v) is 2.90. The third-order valence-corrected chi connectivity index (χ3v) is 3.75. The van der Waals surface area contributed by atoms with Crippen molar-refractivity contribution in [1.29, 1.82) is 0 Å². The first-order chi connectivity index (χ1) is 11.8. The van der Waals surface area contributed by atoms with E-state index in [9.17, 15) is 13.2 Å². The molecule has 9 nitrogen and oxygen atoms in total. The van der Waals surface area contributed by atoms with Crippen molar-refractivity contribution in [2.24, 2.45) is 10.9 Å². The van der Waals surface area contributed by atoms with Gasteiger partial charge in [-0.15, -0.1) is 0 Å². The fraction of sp³-hybridized carbons (Fsp3) is 0.333. The number of nitrogens with two attached hydrogens (primary N) is 1. The molecule has 0 radical (unpaired) electrons. The van der Waals surface area contributed by atoms with Gasteiger partial charge in [0, 0.05) is 18.0 Å². The summed E-state index contributed by atoms with van der Waals surface area (Å²) in [5, 5.41) is 6.91. The van der Waals surface area contributed by atoms with Crippen LogP contribution in [-0.2, 0) is 21.3 Å². The molecule has 0 aliphatic heterocycles. The molecule has 0 saturated carbocycles. The molecular formula is C15H20N4O5S. The standard InChI is InChI=1S/C14H16N4O2.CH4O3S/c1-20-11-6-5-9-12-8(11)3-2-4-10(12)18-13(9)14(19)16-7-17-15;1-5(2,3)4/h2-4,7,11,18H,5-6,15H2,1H3,(H,16,17,19);1H3,(H,2,3,4). The largest absolute Gasteiger partial charge is 0.377 e. The lowest BCUT2D eigenvalue weighted by Crippen LogP contribution is -2.24. The van der Waals surface area contributed by atoms with Gasteiger partial charge in [0.1, 0.15) is 12.0 Å². The highest BCUT2D eigenvalue weighted by Crippen LogP contribution is 2.38. The summed E-state index contributed by atoms with van der Waals surface area (Å²) in [6, 6.07) is 5.99. The highest BCUT2D eigenvalue weighted by Gasteiger charge is 2.27. The van der Waals surface area contributed by atoms with Crippen LogP contribution in [0.4, 0.5) is 0 Å². The van der Waals surface area contributed by atoms with Gasteiger partial charge in [-0.05, 0) is 30.0 Å². The average molecular weight is 368 g/mol. The lowest BCUT2D eigenvalue weighted by atomic mass is 9.89. The number of amides is 1. The van der Waals surface area contributed by atoms with Crippen LogP contribution in [0, 0.1) is 0 Å². The Hall–Kier alpha value is -2.43.